The van der Waals surface area contributed by atoms with E-state index in [9.17, 15) is 0 Å². The fourth-order valence-electron chi connectivity index (χ4n) is 10.6. The minimum absolute atomic E-state index is 0.0532. The Morgan fingerprint density at radius 3 is 1.38 bits per heavy atom. The molecule has 8 aromatic carbocycles. The van der Waals surface area contributed by atoms with Gasteiger partial charge in [-0.15, -0.1) is 0 Å². The number of ether oxygens (including phenoxy) is 1. The Bertz CT molecular complexity index is 3760. The fraction of sp³-hybridized carbons (Fsp3) is 0.143. The van der Waals surface area contributed by atoms with E-state index in [1.165, 1.54) is 11.1 Å². The highest BCUT2D eigenvalue weighted by molar-refractivity contribution is 8.00. The summed E-state index contributed by atoms with van der Waals surface area (Å²) in [4.78, 5) is 2.14. The summed E-state index contributed by atoms with van der Waals surface area (Å²) in [6.45, 7) is 13.4. The van der Waals surface area contributed by atoms with Crippen molar-refractivity contribution >= 4 is 123 Å². The molecule has 6 heterocycles. The molecule has 2 aliphatic rings. The number of benzene rings is 8. The number of para-hydroxylation sites is 4. The highest BCUT2D eigenvalue weighted by atomic mass is 32.2. The average Bonchev–Trinajstić information content (AvgIpc) is 4.05. The van der Waals surface area contributed by atoms with Gasteiger partial charge in [-0.05, 0) is 80.4 Å². The Morgan fingerprint density at radius 1 is 0.429 bits per heavy atom. The lowest BCUT2D eigenvalue weighted by atomic mass is 9.35. The van der Waals surface area contributed by atoms with Gasteiger partial charge in [0, 0.05) is 53.4 Å². The van der Waals surface area contributed by atoms with E-state index < -0.39 is 0 Å². The minimum atomic E-state index is -0.364. The highest BCUT2D eigenvalue weighted by Gasteiger charge is 2.47. The SMILES string of the molecule is CC(C)(C)c1cc(-c2cc3c4c(c2)Sc2c(c5oc6ccccc6c5c5c2oc2ccccc25)B4c2c(c4oc5ccccc5c4c4c2oc2ccccc24)O3)cc(C(C)(C)C)c1. The topological polar surface area (TPSA) is 61.8 Å². The molecule has 0 spiro atoms. The van der Waals surface area contributed by atoms with Gasteiger partial charge in [0.15, 0.2) is 11.3 Å². The molecule has 4 aromatic heterocycles. The average molecular weight is 835 g/mol. The molecule has 0 unspecified atom stereocenters. The summed E-state index contributed by atoms with van der Waals surface area (Å²) in [6.07, 6.45) is 0. The Kier molecular flexibility index (Phi) is 6.81. The zero-order valence-corrected chi connectivity index (χ0v) is 36.5. The monoisotopic (exact) mass is 834 g/mol. The number of fused-ring (bicyclic) bond motifs is 22. The van der Waals surface area contributed by atoms with Crippen molar-refractivity contribution in [3.8, 4) is 22.6 Å². The summed E-state index contributed by atoms with van der Waals surface area (Å²) in [5.74, 6) is 1.46. The van der Waals surface area contributed by atoms with E-state index in [-0.39, 0.29) is 17.5 Å². The first-order valence-corrected chi connectivity index (χ1v) is 22.6. The molecule has 0 saturated heterocycles. The number of rotatable bonds is 1. The van der Waals surface area contributed by atoms with Crippen LogP contribution in [0.3, 0.4) is 0 Å². The van der Waals surface area contributed by atoms with E-state index in [1.54, 1.807) is 11.8 Å². The normalized spacial score (nSPS) is 13.9. The van der Waals surface area contributed by atoms with Crippen molar-refractivity contribution in [2.24, 2.45) is 0 Å². The standard InChI is InChI=1S/C56H39BO5S/c1-55(2,3)30-23-28(24-31(27-30)56(4,5)6)29-25-40-46-41(26-29)63-54-48(50-43(33-16-8-12-20-37(33)59-50)45-35-18-10-14-22-39(35)61-52(45)54)57(46)47-49-42(32-15-7-11-19-36(32)58-49)44-34-17-9-13-21-38(34)60-51(44)53(47)62-40/h7-27H,1-6H3. The zero-order chi connectivity index (χ0) is 42.3. The predicted octanol–water partition coefficient (Wildman–Crippen LogP) is 14.6. The van der Waals surface area contributed by atoms with Crippen molar-refractivity contribution in [3.05, 3.63) is 139 Å². The molecule has 0 aliphatic carbocycles. The van der Waals surface area contributed by atoms with Gasteiger partial charge in [0.2, 0.25) is 0 Å². The third kappa shape index (κ3) is 4.75. The van der Waals surface area contributed by atoms with Crippen molar-refractivity contribution in [1.82, 2.24) is 0 Å². The van der Waals surface area contributed by atoms with Gasteiger partial charge in [0.1, 0.15) is 44.8 Å². The van der Waals surface area contributed by atoms with Crippen LogP contribution in [0.4, 0.5) is 0 Å². The molecule has 0 radical (unpaired) electrons. The highest BCUT2D eigenvalue weighted by Crippen LogP contribution is 2.52. The first kappa shape index (κ1) is 35.7. The van der Waals surface area contributed by atoms with Crippen molar-refractivity contribution in [3.63, 3.8) is 0 Å². The predicted molar refractivity (Wildman–Crippen MR) is 260 cm³/mol. The number of furan rings is 4. The smallest absolute Gasteiger partial charge is 0.264 e. The summed E-state index contributed by atoms with van der Waals surface area (Å²) in [6, 6.07) is 45.1. The van der Waals surface area contributed by atoms with E-state index in [4.69, 9.17) is 22.4 Å². The summed E-state index contributed by atoms with van der Waals surface area (Å²) >= 11 is 1.75. The zero-order valence-electron chi connectivity index (χ0n) is 35.7. The molecule has 7 heteroatoms. The molecular weight excluding hydrogens is 795 g/mol. The third-order valence-electron chi connectivity index (χ3n) is 13.7. The Hall–Kier alpha value is -6.83. The second kappa shape index (κ2) is 12.0. The summed E-state index contributed by atoms with van der Waals surface area (Å²) < 4.78 is 35.7. The molecule has 63 heavy (non-hydrogen) atoms. The van der Waals surface area contributed by atoms with E-state index in [2.05, 4.69) is 139 Å². The Balaban J connectivity index is 1.18. The second-order valence-corrected chi connectivity index (χ2v) is 20.6. The van der Waals surface area contributed by atoms with Gasteiger partial charge in [-0.2, -0.15) is 0 Å². The number of hydrogen-bond donors (Lipinski definition) is 0. The van der Waals surface area contributed by atoms with Gasteiger partial charge in [0.25, 0.3) is 6.71 Å². The van der Waals surface area contributed by atoms with Crippen LogP contribution in [0.25, 0.3) is 98.9 Å². The molecule has 0 N–H and O–H groups in total. The van der Waals surface area contributed by atoms with Crippen molar-refractivity contribution < 1.29 is 22.4 Å². The minimum Gasteiger partial charge on any atom is -0.457 e. The van der Waals surface area contributed by atoms with Crippen LogP contribution in [0.5, 0.6) is 11.5 Å². The van der Waals surface area contributed by atoms with Gasteiger partial charge in [-0.1, -0.05) is 144 Å². The van der Waals surface area contributed by atoms with Gasteiger partial charge in [-0.3, -0.25) is 0 Å². The maximum atomic E-state index is 7.43. The van der Waals surface area contributed by atoms with Crippen LogP contribution in [0.1, 0.15) is 52.7 Å². The first-order chi connectivity index (χ1) is 30.5. The van der Waals surface area contributed by atoms with Crippen LogP contribution in [0, 0.1) is 0 Å². The van der Waals surface area contributed by atoms with E-state index in [0.717, 1.165) is 125 Å². The Labute approximate surface area is 366 Å². The van der Waals surface area contributed by atoms with Crippen LogP contribution in [0.2, 0.25) is 0 Å². The largest absolute Gasteiger partial charge is 0.457 e. The molecule has 0 bridgehead atoms. The van der Waals surface area contributed by atoms with Crippen molar-refractivity contribution in [2.45, 2.75) is 62.2 Å². The van der Waals surface area contributed by atoms with Crippen molar-refractivity contribution in [2.75, 3.05) is 0 Å². The molecular formula is C56H39BO5S. The van der Waals surface area contributed by atoms with Gasteiger partial charge < -0.3 is 22.4 Å². The summed E-state index contributed by atoms with van der Waals surface area (Å²) in [7, 11) is 0. The van der Waals surface area contributed by atoms with Crippen LogP contribution in [-0.4, -0.2) is 6.71 Å². The van der Waals surface area contributed by atoms with E-state index in [1.807, 2.05) is 30.3 Å². The molecule has 2 aliphatic heterocycles. The first-order valence-electron chi connectivity index (χ1n) is 21.8. The molecule has 12 aromatic rings. The third-order valence-corrected chi connectivity index (χ3v) is 14.8. The van der Waals surface area contributed by atoms with Gasteiger partial charge in [-0.25, -0.2) is 0 Å². The summed E-state index contributed by atoms with van der Waals surface area (Å²) in [5, 5.41) is 8.31. The van der Waals surface area contributed by atoms with Gasteiger partial charge >= 0.3 is 0 Å². The van der Waals surface area contributed by atoms with Gasteiger partial charge in [0.05, 0.1) is 4.90 Å². The summed E-state index contributed by atoms with van der Waals surface area (Å²) in [5.41, 5.74) is 14.3. The van der Waals surface area contributed by atoms with Crippen LogP contribution < -0.4 is 21.1 Å². The quantitative estimate of drug-likeness (QED) is 0.154. The van der Waals surface area contributed by atoms with E-state index >= 15 is 0 Å². The molecule has 0 fully saturated rings. The molecule has 5 nitrogen and oxygen atoms in total. The molecule has 302 valence electrons. The van der Waals surface area contributed by atoms with Crippen LogP contribution in [-0.2, 0) is 10.8 Å². The lowest BCUT2D eigenvalue weighted by Crippen LogP contribution is -2.58. The Morgan fingerprint density at radius 2 is 0.857 bits per heavy atom. The molecule has 0 atom stereocenters. The molecule has 0 saturated carbocycles. The number of hydrogen-bond acceptors (Lipinski definition) is 6. The van der Waals surface area contributed by atoms with Crippen molar-refractivity contribution in [1.29, 1.82) is 0 Å². The van der Waals surface area contributed by atoms with Crippen LogP contribution in [0.15, 0.2) is 155 Å². The van der Waals surface area contributed by atoms with E-state index in [0.29, 0.717) is 11.3 Å². The maximum Gasteiger partial charge on any atom is 0.264 e. The second-order valence-electron chi connectivity index (χ2n) is 19.5. The lowest BCUT2D eigenvalue weighted by Gasteiger charge is -2.33. The van der Waals surface area contributed by atoms with Crippen LogP contribution >= 0.6 is 11.8 Å². The molecule has 0 amide bonds. The lowest BCUT2D eigenvalue weighted by molar-refractivity contribution is 0.479. The molecule has 14 rings (SSSR count). The maximum absolute atomic E-state index is 7.43. The fourth-order valence-corrected chi connectivity index (χ4v) is 11.9.